The number of unbranched alkanes of at least 4 members (excludes halogenated alkanes) is 2. The highest BCUT2D eigenvalue weighted by Crippen LogP contribution is 2.55. The number of hydrogen-bond donors (Lipinski definition) is 0. The fourth-order valence-electron chi connectivity index (χ4n) is 3.46. The molecule has 0 aliphatic rings. The highest BCUT2D eigenvalue weighted by atomic mass is 31.2. The summed E-state index contributed by atoms with van der Waals surface area (Å²) in [6.45, 7) is 0. The summed E-state index contributed by atoms with van der Waals surface area (Å²) in [6, 6.07) is 33.1. The van der Waals surface area contributed by atoms with E-state index in [1.807, 2.05) is 0 Å². The van der Waals surface area contributed by atoms with Gasteiger partial charge in [-0.25, -0.2) is 0 Å². The van der Waals surface area contributed by atoms with Crippen LogP contribution in [-0.2, 0) is 0 Å². The number of terminal acetylenes is 1. The van der Waals surface area contributed by atoms with Gasteiger partial charge in [0.2, 0.25) is 0 Å². The highest BCUT2D eigenvalue weighted by molar-refractivity contribution is 7.95. The molecule has 0 amide bonds. The summed E-state index contributed by atoms with van der Waals surface area (Å²) in [5.74, 6) is 2.79. The van der Waals surface area contributed by atoms with Gasteiger partial charge in [-0.3, -0.25) is 0 Å². The highest BCUT2D eigenvalue weighted by Gasteiger charge is 2.44. The van der Waals surface area contributed by atoms with Gasteiger partial charge in [0.25, 0.3) is 0 Å². The third-order valence-electron chi connectivity index (χ3n) is 4.66. The smallest absolute Gasteiger partial charge is 0.112 e. The first kappa shape index (κ1) is 17.5. The van der Waals surface area contributed by atoms with Crippen LogP contribution in [-0.4, -0.2) is 6.16 Å². The maximum absolute atomic E-state index is 5.47. The van der Waals surface area contributed by atoms with Gasteiger partial charge in [-0.1, -0.05) is 54.6 Å². The van der Waals surface area contributed by atoms with Crippen LogP contribution in [0, 0.1) is 12.3 Å². The van der Waals surface area contributed by atoms with Gasteiger partial charge < -0.3 is 0 Å². The predicted molar refractivity (Wildman–Crippen MR) is 113 cm³/mol. The summed E-state index contributed by atoms with van der Waals surface area (Å²) in [5.41, 5.74) is 0. The molecule has 0 radical (unpaired) electrons. The van der Waals surface area contributed by atoms with Gasteiger partial charge in [0.1, 0.15) is 23.2 Å². The van der Waals surface area contributed by atoms with Crippen molar-refractivity contribution in [3.05, 3.63) is 91.0 Å². The Bertz CT molecular complexity index is 704. The van der Waals surface area contributed by atoms with E-state index in [0.29, 0.717) is 0 Å². The van der Waals surface area contributed by atoms with Gasteiger partial charge in [0, 0.05) is 6.42 Å². The lowest BCUT2D eigenvalue weighted by Gasteiger charge is -2.27. The van der Waals surface area contributed by atoms with Crippen molar-refractivity contribution < 1.29 is 0 Å². The van der Waals surface area contributed by atoms with Crippen LogP contribution in [0.2, 0.25) is 0 Å². The first-order chi connectivity index (χ1) is 12.4. The second-order valence-electron chi connectivity index (χ2n) is 6.20. The molecule has 0 spiro atoms. The summed E-state index contributed by atoms with van der Waals surface area (Å²) in [5, 5.41) is 4.36. The molecule has 1 heteroatoms. The summed E-state index contributed by atoms with van der Waals surface area (Å²) in [6.07, 6.45) is 9.73. The second-order valence-corrected chi connectivity index (χ2v) is 9.82. The Balaban J connectivity index is 2.15. The first-order valence-corrected chi connectivity index (χ1v) is 10.8. The molecule has 0 aliphatic carbocycles. The van der Waals surface area contributed by atoms with Gasteiger partial charge in [0.05, 0.1) is 6.16 Å². The van der Waals surface area contributed by atoms with Crippen molar-refractivity contribution in [1.29, 1.82) is 0 Å². The van der Waals surface area contributed by atoms with E-state index < -0.39 is 7.26 Å². The zero-order valence-corrected chi connectivity index (χ0v) is 15.4. The average Bonchev–Trinajstić information content (AvgIpc) is 2.70. The zero-order chi connectivity index (χ0) is 17.4. The lowest BCUT2D eigenvalue weighted by molar-refractivity contribution is 0.833. The largest absolute Gasteiger partial charge is 0.120 e. The van der Waals surface area contributed by atoms with E-state index in [2.05, 4.69) is 96.9 Å². The van der Waals surface area contributed by atoms with Crippen LogP contribution >= 0.6 is 7.26 Å². The van der Waals surface area contributed by atoms with Crippen molar-refractivity contribution in [2.75, 3.05) is 6.16 Å². The molecule has 0 unspecified atom stereocenters. The van der Waals surface area contributed by atoms with Crippen LogP contribution in [0.1, 0.15) is 19.3 Å². The Labute approximate surface area is 152 Å². The van der Waals surface area contributed by atoms with Crippen LogP contribution in [0.25, 0.3) is 0 Å². The molecule has 0 saturated heterocycles. The summed E-state index contributed by atoms with van der Waals surface area (Å²) in [4.78, 5) is 0. The molecule has 0 bridgehead atoms. The molecular weight excluding hydrogens is 319 g/mol. The third-order valence-corrected chi connectivity index (χ3v) is 9.18. The minimum atomic E-state index is -1.66. The second kappa shape index (κ2) is 8.66. The van der Waals surface area contributed by atoms with Crippen LogP contribution in [0.4, 0.5) is 0 Å². The van der Waals surface area contributed by atoms with Crippen molar-refractivity contribution in [1.82, 2.24) is 0 Å². The molecule has 124 valence electrons. The van der Waals surface area contributed by atoms with E-state index in [1.165, 1.54) is 15.9 Å². The Morgan fingerprint density at radius 3 is 1.36 bits per heavy atom. The lowest BCUT2D eigenvalue weighted by Crippen LogP contribution is -2.33. The van der Waals surface area contributed by atoms with E-state index in [0.717, 1.165) is 25.4 Å². The van der Waals surface area contributed by atoms with Gasteiger partial charge in [-0.15, -0.1) is 12.3 Å². The third kappa shape index (κ3) is 3.84. The van der Waals surface area contributed by atoms with Crippen molar-refractivity contribution >= 4 is 23.2 Å². The molecule has 0 aliphatic heterocycles. The van der Waals surface area contributed by atoms with E-state index in [1.54, 1.807) is 0 Å². The predicted octanol–water partition coefficient (Wildman–Crippen LogP) is 4.78. The summed E-state index contributed by atoms with van der Waals surface area (Å²) in [7, 11) is -1.66. The molecule has 3 aromatic rings. The zero-order valence-electron chi connectivity index (χ0n) is 14.5. The minimum Gasteiger partial charge on any atom is -0.120 e. The molecule has 0 nitrogen and oxygen atoms in total. The fraction of sp³-hybridized carbons (Fsp3) is 0.167. The molecule has 3 aromatic carbocycles. The van der Waals surface area contributed by atoms with E-state index in [4.69, 9.17) is 6.42 Å². The van der Waals surface area contributed by atoms with E-state index in [9.17, 15) is 0 Å². The van der Waals surface area contributed by atoms with Crippen molar-refractivity contribution in [3.8, 4) is 12.3 Å². The molecule has 0 aromatic heterocycles. The molecule has 0 atom stereocenters. The fourth-order valence-corrected chi connectivity index (χ4v) is 7.87. The molecule has 0 heterocycles. The van der Waals surface area contributed by atoms with Crippen molar-refractivity contribution in [2.45, 2.75) is 19.3 Å². The Hall–Kier alpha value is -2.35. The SMILES string of the molecule is C#CCCCC[P+](c1ccccc1)(c1ccccc1)c1ccccc1. The van der Waals surface area contributed by atoms with Crippen LogP contribution in [0.3, 0.4) is 0 Å². The number of hydrogen-bond acceptors (Lipinski definition) is 0. The Kier molecular flexibility index (Phi) is 6.05. The standard InChI is InChI=1S/C24H24P/c1-2-3-4-14-21-25(22-15-8-5-9-16-22,23-17-10-6-11-18-23)24-19-12-7-13-20-24/h1,5-13,15-20H,3-4,14,21H2/q+1. The maximum Gasteiger partial charge on any atom is 0.112 e. The summed E-state index contributed by atoms with van der Waals surface area (Å²) < 4.78 is 0. The van der Waals surface area contributed by atoms with E-state index in [-0.39, 0.29) is 0 Å². The topological polar surface area (TPSA) is 0 Å². The number of rotatable bonds is 7. The summed E-state index contributed by atoms with van der Waals surface area (Å²) >= 11 is 0. The first-order valence-electron chi connectivity index (χ1n) is 8.86. The number of benzene rings is 3. The molecule has 25 heavy (non-hydrogen) atoms. The Morgan fingerprint density at radius 1 is 0.600 bits per heavy atom. The quantitative estimate of drug-likeness (QED) is 0.329. The van der Waals surface area contributed by atoms with Gasteiger partial charge in [0.15, 0.2) is 0 Å². The molecule has 3 rings (SSSR count). The average molecular weight is 343 g/mol. The molecule has 0 fully saturated rings. The Morgan fingerprint density at radius 2 is 1.00 bits per heavy atom. The van der Waals surface area contributed by atoms with Crippen LogP contribution in [0.5, 0.6) is 0 Å². The minimum absolute atomic E-state index is 0.859. The van der Waals surface area contributed by atoms with Crippen LogP contribution in [0.15, 0.2) is 91.0 Å². The molecule has 0 N–H and O–H groups in total. The van der Waals surface area contributed by atoms with E-state index >= 15 is 0 Å². The van der Waals surface area contributed by atoms with Crippen molar-refractivity contribution in [3.63, 3.8) is 0 Å². The molecule has 0 saturated carbocycles. The maximum atomic E-state index is 5.47. The van der Waals surface area contributed by atoms with Gasteiger partial charge in [-0.2, -0.15) is 0 Å². The normalized spacial score (nSPS) is 11.0. The van der Waals surface area contributed by atoms with Crippen molar-refractivity contribution in [2.24, 2.45) is 0 Å². The van der Waals surface area contributed by atoms with Gasteiger partial charge >= 0.3 is 0 Å². The monoisotopic (exact) mass is 343 g/mol. The lowest BCUT2D eigenvalue weighted by atomic mass is 10.3. The van der Waals surface area contributed by atoms with Gasteiger partial charge in [-0.05, 0) is 49.2 Å². The van der Waals surface area contributed by atoms with Crippen LogP contribution < -0.4 is 15.9 Å². The molecular formula is C24H24P+.